The average Bonchev–Trinajstić information content (AvgIpc) is 2.30. The van der Waals surface area contributed by atoms with Crippen LogP contribution in [-0.2, 0) is 19.2 Å². The van der Waals surface area contributed by atoms with Crippen molar-refractivity contribution < 1.29 is 39.2 Å². The minimum absolute atomic E-state index is 0.227. The van der Waals surface area contributed by atoms with Gasteiger partial charge >= 0.3 is 23.9 Å². The van der Waals surface area contributed by atoms with Gasteiger partial charge in [0, 0.05) is 0 Å². The third kappa shape index (κ3) is 6.56. The molecule has 0 unspecified atom stereocenters. The zero-order valence-corrected chi connectivity index (χ0v) is 8.77. The molecule has 0 fully saturated rings. The van der Waals surface area contributed by atoms with Crippen LogP contribution in [0.25, 0.3) is 0 Å². The number of esters is 1. The van der Waals surface area contributed by atoms with Crippen molar-refractivity contribution >= 4 is 23.9 Å². The van der Waals surface area contributed by atoms with E-state index in [0.29, 0.717) is 0 Å². The van der Waals surface area contributed by atoms with Gasteiger partial charge in [-0.3, -0.25) is 0 Å². The van der Waals surface area contributed by atoms with Crippen LogP contribution >= 0.6 is 0 Å². The SMILES string of the molecule is O=C(O)C(=O)O.O=C(O)C(=O)Oc1ccccc1. The van der Waals surface area contributed by atoms with Gasteiger partial charge in [0.25, 0.3) is 0 Å². The fraction of sp³-hybridized carbons (Fsp3) is 0. The van der Waals surface area contributed by atoms with Gasteiger partial charge in [0.1, 0.15) is 5.75 Å². The summed E-state index contributed by atoms with van der Waals surface area (Å²) in [6.45, 7) is 0. The third-order valence-corrected chi connectivity index (χ3v) is 1.31. The zero-order valence-electron chi connectivity index (χ0n) is 8.77. The molecule has 0 amide bonds. The van der Waals surface area contributed by atoms with Gasteiger partial charge in [-0.25, -0.2) is 19.2 Å². The Bertz CT molecular complexity index is 438. The van der Waals surface area contributed by atoms with E-state index in [1.54, 1.807) is 18.2 Å². The maximum atomic E-state index is 10.5. The van der Waals surface area contributed by atoms with E-state index in [0.717, 1.165) is 0 Å². The predicted molar refractivity (Wildman–Crippen MR) is 55.0 cm³/mol. The molecule has 0 saturated heterocycles. The molecule has 8 nitrogen and oxygen atoms in total. The van der Waals surface area contributed by atoms with Crippen molar-refractivity contribution in [3.05, 3.63) is 30.3 Å². The Kier molecular flexibility index (Phi) is 6.20. The zero-order chi connectivity index (χ0) is 14.1. The highest BCUT2D eigenvalue weighted by atomic mass is 16.6. The fourth-order valence-corrected chi connectivity index (χ4v) is 0.639. The van der Waals surface area contributed by atoms with Crippen molar-refractivity contribution in [1.29, 1.82) is 0 Å². The van der Waals surface area contributed by atoms with E-state index in [1.165, 1.54) is 12.1 Å². The molecular weight excluding hydrogens is 248 g/mol. The highest BCUT2D eigenvalue weighted by Crippen LogP contribution is 2.07. The molecule has 0 spiro atoms. The highest BCUT2D eigenvalue weighted by Gasteiger charge is 2.13. The fourth-order valence-electron chi connectivity index (χ4n) is 0.639. The smallest absolute Gasteiger partial charge is 0.422 e. The Morgan fingerprint density at radius 2 is 1.22 bits per heavy atom. The number of ether oxygens (including phenoxy) is 1. The van der Waals surface area contributed by atoms with Crippen LogP contribution in [0.5, 0.6) is 5.75 Å². The van der Waals surface area contributed by atoms with Gasteiger partial charge in [0.05, 0.1) is 0 Å². The van der Waals surface area contributed by atoms with Crippen LogP contribution in [0.1, 0.15) is 0 Å². The summed E-state index contributed by atoms with van der Waals surface area (Å²) in [5.41, 5.74) is 0. The Balaban J connectivity index is 0.000000411. The van der Waals surface area contributed by atoms with Gasteiger partial charge in [-0.15, -0.1) is 0 Å². The first kappa shape index (κ1) is 15.1. The highest BCUT2D eigenvalue weighted by molar-refractivity contribution is 6.29. The molecule has 1 rings (SSSR count). The second-order valence-corrected chi connectivity index (χ2v) is 2.62. The van der Waals surface area contributed by atoms with Crippen LogP contribution in [0.3, 0.4) is 0 Å². The summed E-state index contributed by atoms with van der Waals surface area (Å²) in [6.07, 6.45) is 0. The molecule has 96 valence electrons. The second-order valence-electron chi connectivity index (χ2n) is 2.62. The lowest BCUT2D eigenvalue weighted by atomic mass is 10.3. The standard InChI is InChI=1S/C8H6O4.C2H2O4/c9-7(10)8(11)12-6-4-2-1-3-5-6;3-1(4)2(5)6/h1-5H,(H,9,10);(H,3,4)(H,5,6). The van der Waals surface area contributed by atoms with Crippen LogP contribution in [0.4, 0.5) is 0 Å². The minimum atomic E-state index is -1.82. The largest absolute Gasteiger partial charge is 0.473 e. The van der Waals surface area contributed by atoms with Gasteiger partial charge in [-0.1, -0.05) is 18.2 Å². The summed E-state index contributed by atoms with van der Waals surface area (Å²) in [5.74, 6) is -6.30. The molecule has 0 saturated carbocycles. The van der Waals surface area contributed by atoms with Crippen LogP contribution in [0.15, 0.2) is 30.3 Å². The molecule has 0 atom stereocenters. The van der Waals surface area contributed by atoms with Gasteiger partial charge in [-0.05, 0) is 12.1 Å². The van der Waals surface area contributed by atoms with Crippen LogP contribution in [0, 0.1) is 0 Å². The summed E-state index contributed by atoms with van der Waals surface area (Å²) >= 11 is 0. The van der Waals surface area contributed by atoms with Crippen molar-refractivity contribution in [2.45, 2.75) is 0 Å². The molecule has 1 aromatic rings. The molecule has 0 radical (unpaired) electrons. The van der Waals surface area contributed by atoms with Crippen molar-refractivity contribution in [1.82, 2.24) is 0 Å². The first-order valence-electron chi connectivity index (χ1n) is 4.31. The van der Waals surface area contributed by atoms with Crippen molar-refractivity contribution in [2.24, 2.45) is 0 Å². The quantitative estimate of drug-likeness (QED) is 0.357. The number of carboxylic acids is 3. The minimum Gasteiger partial charge on any atom is -0.473 e. The number of benzene rings is 1. The number of aliphatic carboxylic acids is 3. The maximum Gasteiger partial charge on any atom is 0.422 e. The van der Waals surface area contributed by atoms with E-state index >= 15 is 0 Å². The summed E-state index contributed by atoms with van der Waals surface area (Å²) < 4.78 is 4.44. The van der Waals surface area contributed by atoms with E-state index < -0.39 is 23.9 Å². The molecule has 18 heavy (non-hydrogen) atoms. The number of hydrogen-bond acceptors (Lipinski definition) is 5. The number of rotatable bonds is 1. The maximum absolute atomic E-state index is 10.5. The first-order valence-corrected chi connectivity index (χ1v) is 4.31. The molecule has 1 aromatic carbocycles. The molecular formula is C10H8O8. The summed E-state index contributed by atoms with van der Waals surface area (Å²) in [7, 11) is 0. The number of carboxylic acid groups (broad SMARTS) is 3. The molecule has 0 aromatic heterocycles. The third-order valence-electron chi connectivity index (χ3n) is 1.31. The topological polar surface area (TPSA) is 138 Å². The molecule has 0 aliphatic carbocycles. The summed E-state index contributed by atoms with van der Waals surface area (Å²) in [5, 5.41) is 23.0. The molecule has 0 bridgehead atoms. The van der Waals surface area contributed by atoms with Gasteiger partial charge in [-0.2, -0.15) is 0 Å². The Morgan fingerprint density at radius 1 is 0.778 bits per heavy atom. The number of carbonyl (C=O) groups is 4. The Morgan fingerprint density at radius 3 is 1.56 bits per heavy atom. The normalized spacial score (nSPS) is 8.44. The second kappa shape index (κ2) is 7.39. The molecule has 3 N–H and O–H groups in total. The Hall–Kier alpha value is -2.90. The lowest BCUT2D eigenvalue weighted by Crippen LogP contribution is -2.19. The van der Waals surface area contributed by atoms with E-state index in [-0.39, 0.29) is 5.75 Å². The average molecular weight is 256 g/mol. The number of para-hydroxylation sites is 1. The van der Waals surface area contributed by atoms with Crippen molar-refractivity contribution in [2.75, 3.05) is 0 Å². The van der Waals surface area contributed by atoms with E-state index in [4.69, 9.17) is 24.9 Å². The van der Waals surface area contributed by atoms with Crippen LogP contribution in [0.2, 0.25) is 0 Å². The predicted octanol–water partition coefficient (Wildman–Crippen LogP) is -0.168. The van der Waals surface area contributed by atoms with Gasteiger partial charge in [0.15, 0.2) is 0 Å². The lowest BCUT2D eigenvalue weighted by Gasteiger charge is -1.98. The molecule has 0 aliphatic heterocycles. The van der Waals surface area contributed by atoms with Crippen molar-refractivity contribution in [3.8, 4) is 5.75 Å². The van der Waals surface area contributed by atoms with Crippen LogP contribution < -0.4 is 4.74 Å². The molecule has 0 heterocycles. The first-order chi connectivity index (χ1) is 8.34. The van der Waals surface area contributed by atoms with E-state index in [9.17, 15) is 9.59 Å². The van der Waals surface area contributed by atoms with Crippen molar-refractivity contribution in [3.63, 3.8) is 0 Å². The monoisotopic (exact) mass is 256 g/mol. The molecule has 8 heteroatoms. The number of carbonyl (C=O) groups excluding carboxylic acids is 1. The van der Waals surface area contributed by atoms with Gasteiger partial charge < -0.3 is 20.1 Å². The van der Waals surface area contributed by atoms with Gasteiger partial charge in [0.2, 0.25) is 0 Å². The summed E-state index contributed by atoms with van der Waals surface area (Å²) in [4.78, 5) is 38.7. The van der Waals surface area contributed by atoms with E-state index in [2.05, 4.69) is 4.74 Å². The Labute approximate surface area is 100 Å². The van der Waals surface area contributed by atoms with Crippen LogP contribution in [-0.4, -0.2) is 39.2 Å². The molecule has 0 aliphatic rings. The number of hydrogen-bond donors (Lipinski definition) is 3. The summed E-state index contributed by atoms with van der Waals surface area (Å²) in [6, 6.07) is 8.02. The lowest BCUT2D eigenvalue weighted by molar-refractivity contribution is -0.159. The van der Waals surface area contributed by atoms with E-state index in [1.807, 2.05) is 0 Å².